The van der Waals surface area contributed by atoms with E-state index in [-0.39, 0.29) is 18.5 Å². The van der Waals surface area contributed by atoms with Crippen LogP contribution in [0, 0.1) is 5.82 Å². The van der Waals surface area contributed by atoms with Crippen LogP contribution in [0.3, 0.4) is 0 Å². The molecule has 0 spiro atoms. The van der Waals surface area contributed by atoms with Gasteiger partial charge in [-0.05, 0) is 24.6 Å². The Morgan fingerprint density at radius 1 is 1.38 bits per heavy atom. The van der Waals surface area contributed by atoms with Crippen molar-refractivity contribution in [3.63, 3.8) is 0 Å². The minimum absolute atomic E-state index is 0.102. The van der Waals surface area contributed by atoms with Crippen LogP contribution in [0.25, 0.3) is 0 Å². The lowest BCUT2D eigenvalue weighted by Gasteiger charge is -2.14. The van der Waals surface area contributed by atoms with E-state index in [0.717, 1.165) is 6.07 Å². The number of hydrogen-bond donors (Lipinski definition) is 4. The molecule has 1 aromatic rings. The van der Waals surface area contributed by atoms with E-state index in [2.05, 4.69) is 26.6 Å². The highest BCUT2D eigenvalue weighted by Gasteiger charge is 2.21. The number of primary amides is 1. The average molecular weight is 362 g/mol. The molecule has 3 amide bonds. The summed E-state index contributed by atoms with van der Waals surface area (Å²) in [5.74, 6) is -2.67. The van der Waals surface area contributed by atoms with Crippen molar-refractivity contribution in [1.82, 2.24) is 5.32 Å². The van der Waals surface area contributed by atoms with Crippen molar-refractivity contribution in [2.75, 3.05) is 5.32 Å². The molecule has 0 unspecified atom stereocenters. The van der Waals surface area contributed by atoms with Crippen LogP contribution < -0.4 is 16.4 Å². The Morgan fingerprint density at radius 2 is 2.05 bits per heavy atom. The van der Waals surface area contributed by atoms with Crippen molar-refractivity contribution in [3.8, 4) is 0 Å². The third kappa shape index (κ3) is 5.78. The lowest BCUT2D eigenvalue weighted by molar-refractivity contribution is -0.139. The number of carboxylic acids is 1. The summed E-state index contributed by atoms with van der Waals surface area (Å²) >= 11 is 3.07. The maximum Gasteiger partial charge on any atom is 0.326 e. The first-order valence-electron chi connectivity index (χ1n) is 5.83. The number of urea groups is 1. The third-order valence-electron chi connectivity index (χ3n) is 2.46. The maximum atomic E-state index is 13.5. The zero-order valence-corrected chi connectivity index (χ0v) is 12.3. The molecule has 0 aromatic heterocycles. The van der Waals surface area contributed by atoms with Gasteiger partial charge in [0.05, 0.1) is 5.69 Å². The van der Waals surface area contributed by atoms with E-state index in [9.17, 15) is 18.8 Å². The number of carboxylic acid groups (broad SMARTS) is 1. The molecule has 1 atom stereocenters. The molecule has 0 saturated heterocycles. The summed E-state index contributed by atoms with van der Waals surface area (Å²) < 4.78 is 14.0. The van der Waals surface area contributed by atoms with Gasteiger partial charge in [-0.15, -0.1) is 0 Å². The van der Waals surface area contributed by atoms with E-state index in [1.807, 2.05) is 0 Å². The van der Waals surface area contributed by atoms with Crippen LogP contribution in [0.15, 0.2) is 22.7 Å². The minimum Gasteiger partial charge on any atom is -0.480 e. The van der Waals surface area contributed by atoms with E-state index in [1.165, 1.54) is 12.1 Å². The summed E-state index contributed by atoms with van der Waals surface area (Å²) in [6.07, 6.45) is -0.342. The number of halogens is 2. The summed E-state index contributed by atoms with van der Waals surface area (Å²) in [5, 5.41) is 13.2. The van der Waals surface area contributed by atoms with Gasteiger partial charge in [0.2, 0.25) is 5.91 Å². The summed E-state index contributed by atoms with van der Waals surface area (Å²) in [4.78, 5) is 33.2. The molecule has 0 aliphatic heterocycles. The number of carbonyl (C=O) groups excluding carboxylic acids is 2. The first-order valence-corrected chi connectivity index (χ1v) is 6.62. The van der Waals surface area contributed by atoms with Crippen molar-refractivity contribution < 1.29 is 23.9 Å². The molecule has 0 heterocycles. The van der Waals surface area contributed by atoms with E-state index < -0.39 is 29.8 Å². The normalized spacial score (nSPS) is 11.5. The molecule has 5 N–H and O–H groups in total. The van der Waals surface area contributed by atoms with Gasteiger partial charge in [-0.25, -0.2) is 14.0 Å². The van der Waals surface area contributed by atoms with E-state index in [4.69, 9.17) is 10.8 Å². The van der Waals surface area contributed by atoms with E-state index >= 15 is 0 Å². The molecule has 0 radical (unpaired) electrons. The molecule has 114 valence electrons. The fraction of sp³-hybridized carbons (Fsp3) is 0.250. The molecule has 0 bridgehead atoms. The molecule has 0 fully saturated rings. The van der Waals surface area contributed by atoms with Crippen LogP contribution in [0.5, 0.6) is 0 Å². The number of nitrogens with two attached hydrogens (primary N) is 1. The standard InChI is InChI=1S/C12H13BrFN3O4/c13-6-1-2-8(7(14)5-6)16-12(21)17-9(11(19)20)3-4-10(15)18/h1-2,5,9H,3-4H2,(H2,15,18)(H,19,20)(H2,16,17,21)/t9-/m0/s1. The van der Waals surface area contributed by atoms with Crippen LogP contribution in [0.1, 0.15) is 12.8 Å². The van der Waals surface area contributed by atoms with Crippen LogP contribution in [-0.4, -0.2) is 29.1 Å². The summed E-state index contributed by atoms with van der Waals surface area (Å²) in [6, 6.07) is 1.79. The topological polar surface area (TPSA) is 122 Å². The second-order valence-corrected chi connectivity index (χ2v) is 5.03. The highest BCUT2D eigenvalue weighted by atomic mass is 79.9. The van der Waals surface area contributed by atoms with Crippen LogP contribution >= 0.6 is 15.9 Å². The van der Waals surface area contributed by atoms with Gasteiger partial charge in [-0.2, -0.15) is 0 Å². The van der Waals surface area contributed by atoms with Gasteiger partial charge in [0.25, 0.3) is 0 Å². The van der Waals surface area contributed by atoms with Crippen molar-refractivity contribution in [2.24, 2.45) is 5.73 Å². The summed E-state index contributed by atoms with van der Waals surface area (Å²) in [6.45, 7) is 0. The van der Waals surface area contributed by atoms with Crippen molar-refractivity contribution in [3.05, 3.63) is 28.5 Å². The molecule has 0 aliphatic carbocycles. The highest BCUT2D eigenvalue weighted by molar-refractivity contribution is 9.10. The number of carbonyl (C=O) groups is 3. The Morgan fingerprint density at radius 3 is 2.57 bits per heavy atom. The Labute approximate surface area is 127 Å². The molecule has 7 nitrogen and oxygen atoms in total. The summed E-state index contributed by atoms with van der Waals surface area (Å²) in [7, 11) is 0. The minimum atomic E-state index is -1.32. The molecule has 21 heavy (non-hydrogen) atoms. The number of amides is 3. The van der Waals surface area contributed by atoms with E-state index in [0.29, 0.717) is 4.47 Å². The van der Waals surface area contributed by atoms with Crippen LogP contribution in [0.4, 0.5) is 14.9 Å². The van der Waals surface area contributed by atoms with Gasteiger partial charge in [-0.3, -0.25) is 4.79 Å². The Hall–Kier alpha value is -2.16. The molecule has 1 aromatic carbocycles. The Bertz CT molecular complexity index is 567. The Kier molecular flexibility index (Phi) is 6.10. The average Bonchev–Trinajstić information content (AvgIpc) is 2.37. The van der Waals surface area contributed by atoms with Gasteiger partial charge in [0, 0.05) is 10.9 Å². The van der Waals surface area contributed by atoms with Gasteiger partial charge in [-0.1, -0.05) is 15.9 Å². The third-order valence-corrected chi connectivity index (χ3v) is 2.96. The van der Waals surface area contributed by atoms with E-state index in [1.54, 1.807) is 0 Å². The second kappa shape index (κ2) is 7.58. The maximum absolute atomic E-state index is 13.5. The first-order chi connectivity index (χ1) is 9.79. The number of anilines is 1. The van der Waals surface area contributed by atoms with Crippen molar-refractivity contribution >= 4 is 39.5 Å². The van der Waals surface area contributed by atoms with Crippen molar-refractivity contribution in [2.45, 2.75) is 18.9 Å². The van der Waals surface area contributed by atoms with Crippen LogP contribution in [0.2, 0.25) is 0 Å². The SMILES string of the molecule is NC(=O)CC[C@H](NC(=O)Nc1ccc(Br)cc1F)C(=O)O. The zero-order valence-electron chi connectivity index (χ0n) is 10.7. The number of benzene rings is 1. The van der Waals surface area contributed by atoms with Gasteiger partial charge < -0.3 is 21.5 Å². The lowest BCUT2D eigenvalue weighted by Crippen LogP contribution is -2.43. The van der Waals surface area contributed by atoms with Gasteiger partial charge >= 0.3 is 12.0 Å². The van der Waals surface area contributed by atoms with Gasteiger partial charge in [0.15, 0.2) is 0 Å². The largest absolute Gasteiger partial charge is 0.480 e. The van der Waals surface area contributed by atoms with Gasteiger partial charge in [0.1, 0.15) is 11.9 Å². The first kappa shape index (κ1) is 16.9. The van der Waals surface area contributed by atoms with Crippen molar-refractivity contribution in [1.29, 1.82) is 0 Å². The quantitative estimate of drug-likeness (QED) is 0.612. The molecule has 0 aliphatic rings. The number of hydrogen-bond acceptors (Lipinski definition) is 3. The molecule has 1 rings (SSSR count). The lowest BCUT2D eigenvalue weighted by atomic mass is 10.1. The Balaban J connectivity index is 2.65. The highest BCUT2D eigenvalue weighted by Crippen LogP contribution is 2.19. The molecular weight excluding hydrogens is 349 g/mol. The predicted octanol–water partition coefficient (Wildman–Crippen LogP) is 1.43. The smallest absolute Gasteiger partial charge is 0.326 e. The van der Waals surface area contributed by atoms with Crippen LogP contribution in [-0.2, 0) is 9.59 Å². The zero-order chi connectivity index (χ0) is 16.0. The molecular formula is C12H13BrFN3O4. The fourth-order valence-corrected chi connectivity index (χ4v) is 1.78. The predicted molar refractivity (Wildman–Crippen MR) is 76.1 cm³/mol. The number of nitrogens with one attached hydrogen (secondary N) is 2. The fourth-order valence-electron chi connectivity index (χ4n) is 1.45. The monoisotopic (exact) mass is 361 g/mol. The summed E-state index contributed by atoms with van der Waals surface area (Å²) in [5.41, 5.74) is 4.81. The second-order valence-electron chi connectivity index (χ2n) is 4.12. The number of aliphatic carboxylic acids is 1. The molecule has 9 heteroatoms. The molecule has 0 saturated carbocycles. The number of rotatable bonds is 6.